The maximum absolute atomic E-state index is 12.4. The van der Waals surface area contributed by atoms with E-state index in [0.29, 0.717) is 17.8 Å². The lowest BCUT2D eigenvalue weighted by atomic mass is 10.1. The predicted octanol–water partition coefficient (Wildman–Crippen LogP) is 4.53. The van der Waals surface area contributed by atoms with Gasteiger partial charge in [0.15, 0.2) is 0 Å². The number of rotatable bonds is 8. The van der Waals surface area contributed by atoms with Crippen molar-refractivity contribution in [3.8, 4) is 0 Å². The second kappa shape index (κ2) is 9.88. The van der Waals surface area contributed by atoms with Gasteiger partial charge in [-0.15, -0.1) is 0 Å². The third kappa shape index (κ3) is 7.69. The molecule has 7 heteroatoms. The average Bonchev–Trinajstić information content (AvgIpc) is 2.61. The summed E-state index contributed by atoms with van der Waals surface area (Å²) in [7, 11) is -3.45. The van der Waals surface area contributed by atoms with Crippen LogP contribution in [-0.2, 0) is 16.6 Å². The van der Waals surface area contributed by atoms with Crippen LogP contribution < -0.4 is 9.62 Å². The van der Waals surface area contributed by atoms with Crippen LogP contribution in [0, 0.1) is 13.8 Å². The number of thioether (sulfide) groups is 1. The van der Waals surface area contributed by atoms with Gasteiger partial charge in [0.1, 0.15) is 0 Å². The monoisotopic (exact) mass is 448 g/mol. The highest BCUT2D eigenvalue weighted by atomic mass is 32.2. The van der Waals surface area contributed by atoms with Gasteiger partial charge in [0.05, 0.1) is 18.5 Å². The van der Waals surface area contributed by atoms with Crippen LogP contribution in [0.2, 0.25) is 0 Å². The van der Waals surface area contributed by atoms with Gasteiger partial charge in [-0.25, -0.2) is 8.42 Å². The quantitative estimate of drug-likeness (QED) is 0.603. The molecule has 0 radical (unpaired) electrons. The molecule has 164 valence electrons. The first-order valence-corrected chi connectivity index (χ1v) is 12.8. The average molecular weight is 449 g/mol. The molecule has 2 aromatic carbocycles. The van der Waals surface area contributed by atoms with E-state index in [9.17, 15) is 13.2 Å². The Morgan fingerprint density at radius 1 is 1.03 bits per heavy atom. The lowest BCUT2D eigenvalue weighted by molar-refractivity contribution is 0.0956. The highest BCUT2D eigenvalue weighted by Gasteiger charge is 2.19. The summed E-state index contributed by atoms with van der Waals surface area (Å²) in [5.41, 5.74) is 4.05. The maximum Gasteiger partial charge on any atom is 0.251 e. The number of sulfonamides is 1. The molecule has 1 N–H and O–H groups in total. The van der Waals surface area contributed by atoms with Gasteiger partial charge in [0.2, 0.25) is 10.0 Å². The van der Waals surface area contributed by atoms with Crippen LogP contribution in [0.15, 0.2) is 42.5 Å². The number of hydrogen-bond acceptors (Lipinski definition) is 4. The second-order valence-corrected chi connectivity index (χ2v) is 12.4. The molecule has 0 aliphatic heterocycles. The molecule has 0 fully saturated rings. The van der Waals surface area contributed by atoms with Crippen molar-refractivity contribution in [1.29, 1.82) is 0 Å². The number of aryl methyl sites for hydroxylation is 2. The number of carbonyl (C=O) groups is 1. The van der Waals surface area contributed by atoms with E-state index in [1.54, 1.807) is 36.0 Å². The zero-order valence-electron chi connectivity index (χ0n) is 18.7. The van der Waals surface area contributed by atoms with E-state index in [-0.39, 0.29) is 17.2 Å². The maximum atomic E-state index is 12.4. The van der Waals surface area contributed by atoms with Gasteiger partial charge >= 0.3 is 0 Å². The van der Waals surface area contributed by atoms with Crippen LogP contribution in [0.5, 0.6) is 0 Å². The molecule has 5 nitrogen and oxygen atoms in total. The van der Waals surface area contributed by atoms with E-state index in [1.807, 2.05) is 32.0 Å². The van der Waals surface area contributed by atoms with E-state index >= 15 is 0 Å². The van der Waals surface area contributed by atoms with Crippen LogP contribution in [0.4, 0.5) is 5.69 Å². The summed E-state index contributed by atoms with van der Waals surface area (Å²) in [6, 6.07) is 12.8. The Balaban J connectivity index is 2.08. The SMILES string of the molecule is Cc1cc(C)cc(N(Cc2ccc(C(=O)NCCSC(C)(C)C)cc2)S(C)(=O)=O)c1. The molecule has 1 amide bonds. The summed E-state index contributed by atoms with van der Waals surface area (Å²) < 4.78 is 26.4. The summed E-state index contributed by atoms with van der Waals surface area (Å²) >= 11 is 1.80. The van der Waals surface area contributed by atoms with Gasteiger partial charge < -0.3 is 5.32 Å². The Hall–Kier alpha value is -1.99. The fourth-order valence-electron chi connectivity index (χ4n) is 3.05. The van der Waals surface area contributed by atoms with Gasteiger partial charge in [-0.05, 0) is 54.8 Å². The van der Waals surface area contributed by atoms with E-state index < -0.39 is 10.0 Å². The fraction of sp³-hybridized carbons (Fsp3) is 0.435. The van der Waals surface area contributed by atoms with Gasteiger partial charge in [0.25, 0.3) is 5.91 Å². The lowest BCUT2D eigenvalue weighted by Crippen LogP contribution is -2.29. The molecule has 0 bridgehead atoms. The van der Waals surface area contributed by atoms with Crippen molar-refractivity contribution in [2.45, 2.75) is 45.9 Å². The Kier molecular flexibility index (Phi) is 7.99. The lowest BCUT2D eigenvalue weighted by Gasteiger charge is -2.23. The molecule has 0 aromatic heterocycles. The standard InChI is InChI=1S/C23H32N2O3S2/c1-17-13-18(2)15-21(14-17)25(30(6,27)28)16-19-7-9-20(10-8-19)22(26)24-11-12-29-23(3,4)5/h7-10,13-15H,11-12,16H2,1-6H3,(H,24,26). The van der Waals surface area contributed by atoms with Crippen molar-refractivity contribution < 1.29 is 13.2 Å². The first-order valence-electron chi connectivity index (χ1n) is 9.92. The smallest absolute Gasteiger partial charge is 0.251 e. The fourth-order valence-corrected chi connectivity index (χ4v) is 4.73. The summed E-state index contributed by atoms with van der Waals surface area (Å²) in [5, 5.41) is 2.93. The normalized spacial score (nSPS) is 11.9. The van der Waals surface area contributed by atoms with Crippen LogP contribution in [0.25, 0.3) is 0 Å². The van der Waals surface area contributed by atoms with Crippen LogP contribution in [0.1, 0.15) is 47.8 Å². The van der Waals surface area contributed by atoms with Gasteiger partial charge in [-0.1, -0.05) is 39.0 Å². The summed E-state index contributed by atoms with van der Waals surface area (Å²) in [6.07, 6.45) is 1.21. The van der Waals surface area contributed by atoms with E-state index in [2.05, 4.69) is 26.1 Å². The highest BCUT2D eigenvalue weighted by molar-refractivity contribution is 8.00. The molecule has 0 saturated carbocycles. The number of anilines is 1. The summed E-state index contributed by atoms with van der Waals surface area (Å²) in [6.45, 7) is 11.2. The minimum absolute atomic E-state index is 0.120. The van der Waals surface area contributed by atoms with E-state index in [1.165, 1.54) is 10.6 Å². The molecule has 2 aromatic rings. The number of carbonyl (C=O) groups excluding carboxylic acids is 1. The topological polar surface area (TPSA) is 66.5 Å². The van der Waals surface area contributed by atoms with Crippen molar-refractivity contribution in [1.82, 2.24) is 5.32 Å². The number of nitrogens with zero attached hydrogens (tertiary/aromatic N) is 1. The van der Waals surface area contributed by atoms with Crippen molar-refractivity contribution >= 4 is 33.4 Å². The molecule has 2 rings (SSSR count). The van der Waals surface area contributed by atoms with Gasteiger partial charge in [-0.3, -0.25) is 9.10 Å². The Labute approximate surface area is 185 Å². The van der Waals surface area contributed by atoms with E-state index in [0.717, 1.165) is 22.4 Å². The molecule has 0 saturated heterocycles. The van der Waals surface area contributed by atoms with Crippen molar-refractivity contribution in [3.05, 3.63) is 64.7 Å². The molecule has 0 unspecified atom stereocenters. The predicted molar refractivity (Wildman–Crippen MR) is 128 cm³/mol. The summed E-state index contributed by atoms with van der Waals surface area (Å²) in [5.74, 6) is 0.734. The van der Waals surface area contributed by atoms with Gasteiger partial charge in [-0.2, -0.15) is 11.8 Å². The summed E-state index contributed by atoms with van der Waals surface area (Å²) in [4.78, 5) is 12.3. The minimum Gasteiger partial charge on any atom is -0.351 e. The number of benzene rings is 2. The van der Waals surface area contributed by atoms with Crippen LogP contribution >= 0.6 is 11.8 Å². The highest BCUT2D eigenvalue weighted by Crippen LogP contribution is 2.24. The Morgan fingerprint density at radius 2 is 1.60 bits per heavy atom. The third-order valence-corrected chi connectivity index (χ3v) is 6.77. The molecule has 0 atom stereocenters. The molecule has 30 heavy (non-hydrogen) atoms. The Bertz CT molecular complexity index is 958. The molecule has 0 spiro atoms. The van der Waals surface area contributed by atoms with Gasteiger partial charge in [0, 0.05) is 22.6 Å². The largest absolute Gasteiger partial charge is 0.351 e. The number of amides is 1. The first-order chi connectivity index (χ1) is 13.8. The Morgan fingerprint density at radius 3 is 2.10 bits per heavy atom. The van der Waals surface area contributed by atoms with Crippen molar-refractivity contribution in [2.75, 3.05) is 22.9 Å². The molecular formula is C23H32N2O3S2. The van der Waals surface area contributed by atoms with Crippen molar-refractivity contribution in [2.24, 2.45) is 0 Å². The first kappa shape index (κ1) is 24.3. The van der Waals surface area contributed by atoms with E-state index in [4.69, 9.17) is 0 Å². The minimum atomic E-state index is -3.45. The number of nitrogens with one attached hydrogen (secondary N) is 1. The van der Waals surface area contributed by atoms with Crippen LogP contribution in [0.3, 0.4) is 0 Å². The van der Waals surface area contributed by atoms with Crippen LogP contribution in [-0.4, -0.2) is 37.6 Å². The van der Waals surface area contributed by atoms with Crippen molar-refractivity contribution in [3.63, 3.8) is 0 Å². The zero-order valence-corrected chi connectivity index (χ0v) is 20.3. The molecule has 0 heterocycles. The third-order valence-electron chi connectivity index (χ3n) is 4.36. The molecular weight excluding hydrogens is 416 g/mol. The molecule has 0 aliphatic rings. The second-order valence-electron chi connectivity index (χ2n) is 8.53. The number of hydrogen-bond donors (Lipinski definition) is 1. The zero-order chi connectivity index (χ0) is 22.5. The molecule has 0 aliphatic carbocycles.